The third-order valence-corrected chi connectivity index (χ3v) is 1.51. The first-order valence-corrected chi connectivity index (χ1v) is 4.66. The Morgan fingerprint density at radius 1 is 1.43 bits per heavy atom. The molecule has 0 radical (unpaired) electrons. The number of hydrogen-bond acceptors (Lipinski definition) is 4. The van der Waals surface area contributed by atoms with Gasteiger partial charge in [0.05, 0.1) is 12.0 Å². The smallest absolute Gasteiger partial charge is 0.312 e. The van der Waals surface area contributed by atoms with Crippen molar-refractivity contribution in [3.8, 4) is 0 Å². The molecule has 0 saturated carbocycles. The second-order valence-electron chi connectivity index (χ2n) is 3.99. The van der Waals surface area contributed by atoms with Gasteiger partial charge in [-0.1, -0.05) is 0 Å². The molecule has 0 rings (SSSR count). The fraction of sp³-hybridized carbons (Fsp3) is 0.800. The fourth-order valence-electron chi connectivity index (χ4n) is 0.649. The Morgan fingerprint density at radius 3 is 2.36 bits per heavy atom. The van der Waals surface area contributed by atoms with Crippen LogP contribution in [-0.4, -0.2) is 31.6 Å². The van der Waals surface area contributed by atoms with Gasteiger partial charge in [-0.3, -0.25) is 9.59 Å². The molecule has 14 heavy (non-hydrogen) atoms. The lowest BCUT2D eigenvalue weighted by molar-refractivity contribution is -0.163. The number of esters is 1. The molecule has 4 nitrogen and oxygen atoms in total. The van der Waals surface area contributed by atoms with Gasteiger partial charge in [-0.25, -0.2) is 0 Å². The topological polar surface area (TPSA) is 52.6 Å². The molecular formula is C10H18O4. The number of carbonyl (C=O) groups excluding carboxylic acids is 2. The van der Waals surface area contributed by atoms with E-state index in [1.165, 1.54) is 0 Å². The first-order valence-electron chi connectivity index (χ1n) is 4.66. The number of carbonyl (C=O) groups is 2. The molecule has 0 aliphatic carbocycles. The third-order valence-electron chi connectivity index (χ3n) is 1.51. The Labute approximate surface area is 84.6 Å². The summed E-state index contributed by atoms with van der Waals surface area (Å²) in [5.41, 5.74) is -0.590. The van der Waals surface area contributed by atoms with Gasteiger partial charge in [0, 0.05) is 6.61 Å². The largest absolute Gasteiger partial charge is 0.452 e. The second kappa shape index (κ2) is 5.75. The standard InChI is InChI=1S/C10H18O4/c1-5-13-7-8(6-11)14-9(12)10(2,3)4/h6,8H,5,7H2,1-4H3. The highest BCUT2D eigenvalue weighted by Crippen LogP contribution is 2.16. The average Bonchev–Trinajstić information content (AvgIpc) is 2.10. The van der Waals surface area contributed by atoms with Crippen molar-refractivity contribution < 1.29 is 19.1 Å². The molecule has 0 aromatic heterocycles. The van der Waals surface area contributed by atoms with Crippen LogP contribution in [0.1, 0.15) is 27.7 Å². The van der Waals surface area contributed by atoms with E-state index in [-0.39, 0.29) is 6.61 Å². The lowest BCUT2D eigenvalue weighted by Crippen LogP contribution is -2.31. The molecule has 0 bridgehead atoms. The Morgan fingerprint density at radius 2 is 2.00 bits per heavy atom. The van der Waals surface area contributed by atoms with Crippen LogP contribution < -0.4 is 0 Å². The predicted molar refractivity (Wildman–Crippen MR) is 51.9 cm³/mol. The molecule has 0 N–H and O–H groups in total. The van der Waals surface area contributed by atoms with Crippen LogP contribution in [0.15, 0.2) is 0 Å². The highest BCUT2D eigenvalue weighted by atomic mass is 16.6. The minimum absolute atomic E-state index is 0.127. The molecule has 82 valence electrons. The van der Waals surface area contributed by atoms with Gasteiger partial charge in [-0.2, -0.15) is 0 Å². The normalized spacial score (nSPS) is 13.4. The van der Waals surface area contributed by atoms with E-state index in [1.807, 2.05) is 6.92 Å². The molecule has 0 saturated heterocycles. The van der Waals surface area contributed by atoms with Crippen molar-refractivity contribution in [3.05, 3.63) is 0 Å². The maximum Gasteiger partial charge on any atom is 0.312 e. The molecule has 1 unspecified atom stereocenters. The Hall–Kier alpha value is -0.900. The Kier molecular flexibility index (Phi) is 5.38. The molecule has 0 aromatic rings. The van der Waals surface area contributed by atoms with E-state index in [2.05, 4.69) is 0 Å². The average molecular weight is 202 g/mol. The summed E-state index contributed by atoms with van der Waals surface area (Å²) < 4.78 is 9.93. The van der Waals surface area contributed by atoms with E-state index >= 15 is 0 Å². The summed E-state index contributed by atoms with van der Waals surface area (Å²) in [7, 11) is 0. The molecule has 0 spiro atoms. The van der Waals surface area contributed by atoms with Gasteiger partial charge < -0.3 is 9.47 Å². The summed E-state index contributed by atoms with van der Waals surface area (Å²) in [6, 6.07) is 0. The molecule has 0 heterocycles. The number of hydrogen-bond donors (Lipinski definition) is 0. The number of ether oxygens (including phenoxy) is 2. The monoisotopic (exact) mass is 202 g/mol. The maximum atomic E-state index is 11.4. The zero-order valence-electron chi connectivity index (χ0n) is 9.20. The van der Waals surface area contributed by atoms with Crippen molar-refractivity contribution in [3.63, 3.8) is 0 Å². The number of rotatable bonds is 5. The summed E-state index contributed by atoms with van der Waals surface area (Å²) in [5.74, 6) is -0.394. The zero-order valence-corrected chi connectivity index (χ0v) is 9.20. The minimum Gasteiger partial charge on any atom is -0.452 e. The van der Waals surface area contributed by atoms with Crippen LogP contribution in [0.5, 0.6) is 0 Å². The van der Waals surface area contributed by atoms with Crippen LogP contribution in [-0.2, 0) is 19.1 Å². The fourth-order valence-corrected chi connectivity index (χ4v) is 0.649. The van der Waals surface area contributed by atoms with Gasteiger partial charge in [0.15, 0.2) is 12.4 Å². The molecular weight excluding hydrogens is 184 g/mol. The van der Waals surface area contributed by atoms with E-state index in [0.717, 1.165) is 0 Å². The van der Waals surface area contributed by atoms with Gasteiger partial charge in [0.1, 0.15) is 0 Å². The van der Waals surface area contributed by atoms with Crippen molar-refractivity contribution in [2.75, 3.05) is 13.2 Å². The van der Waals surface area contributed by atoms with Crippen LogP contribution in [0.3, 0.4) is 0 Å². The first-order chi connectivity index (χ1) is 6.41. The molecule has 0 fully saturated rings. The van der Waals surface area contributed by atoms with E-state index in [0.29, 0.717) is 12.9 Å². The molecule has 0 aliphatic heterocycles. The quantitative estimate of drug-likeness (QED) is 0.496. The third kappa shape index (κ3) is 4.97. The van der Waals surface area contributed by atoms with E-state index < -0.39 is 17.5 Å². The second-order valence-corrected chi connectivity index (χ2v) is 3.99. The highest BCUT2D eigenvalue weighted by molar-refractivity contribution is 5.77. The van der Waals surface area contributed by atoms with Crippen LogP contribution >= 0.6 is 0 Å². The van der Waals surface area contributed by atoms with Gasteiger partial charge >= 0.3 is 5.97 Å². The minimum atomic E-state index is -0.790. The lowest BCUT2D eigenvalue weighted by Gasteiger charge is -2.19. The molecule has 1 atom stereocenters. The van der Waals surface area contributed by atoms with Crippen molar-refractivity contribution in [1.82, 2.24) is 0 Å². The van der Waals surface area contributed by atoms with E-state index in [4.69, 9.17) is 9.47 Å². The van der Waals surface area contributed by atoms with Crippen LogP contribution in [0.25, 0.3) is 0 Å². The summed E-state index contributed by atoms with van der Waals surface area (Å²) >= 11 is 0. The van der Waals surface area contributed by atoms with Crippen LogP contribution in [0, 0.1) is 5.41 Å². The Balaban J connectivity index is 4.05. The molecule has 0 aliphatic rings. The zero-order chi connectivity index (χ0) is 11.2. The van der Waals surface area contributed by atoms with Crippen molar-refractivity contribution >= 4 is 12.3 Å². The SMILES string of the molecule is CCOCC(C=O)OC(=O)C(C)(C)C. The van der Waals surface area contributed by atoms with Crippen molar-refractivity contribution in [2.45, 2.75) is 33.8 Å². The van der Waals surface area contributed by atoms with Crippen LogP contribution in [0.4, 0.5) is 0 Å². The van der Waals surface area contributed by atoms with E-state index in [1.54, 1.807) is 20.8 Å². The van der Waals surface area contributed by atoms with E-state index in [9.17, 15) is 9.59 Å². The predicted octanol–water partition coefficient (Wildman–Crippen LogP) is 1.18. The van der Waals surface area contributed by atoms with Gasteiger partial charge in [-0.05, 0) is 27.7 Å². The summed E-state index contributed by atoms with van der Waals surface area (Å²) in [6.45, 7) is 7.64. The molecule has 0 amide bonds. The summed E-state index contributed by atoms with van der Waals surface area (Å²) in [4.78, 5) is 21.9. The number of aldehydes is 1. The summed E-state index contributed by atoms with van der Waals surface area (Å²) in [5, 5.41) is 0. The van der Waals surface area contributed by atoms with Crippen LogP contribution in [0.2, 0.25) is 0 Å². The molecule has 0 aromatic carbocycles. The summed E-state index contributed by atoms with van der Waals surface area (Å²) in [6.07, 6.45) is -0.207. The van der Waals surface area contributed by atoms with Gasteiger partial charge in [0.25, 0.3) is 0 Å². The van der Waals surface area contributed by atoms with Gasteiger partial charge in [0.2, 0.25) is 0 Å². The maximum absolute atomic E-state index is 11.4. The first kappa shape index (κ1) is 13.1. The van der Waals surface area contributed by atoms with Gasteiger partial charge in [-0.15, -0.1) is 0 Å². The molecule has 4 heteroatoms. The van der Waals surface area contributed by atoms with Crippen molar-refractivity contribution in [2.24, 2.45) is 5.41 Å². The lowest BCUT2D eigenvalue weighted by atomic mass is 9.97. The van der Waals surface area contributed by atoms with Crippen molar-refractivity contribution in [1.29, 1.82) is 0 Å². The highest BCUT2D eigenvalue weighted by Gasteiger charge is 2.26. The Bertz CT molecular complexity index is 193.